The fourth-order valence-electron chi connectivity index (χ4n) is 2.37. The summed E-state index contributed by atoms with van der Waals surface area (Å²) in [5, 5.41) is 0. The molecule has 0 N–H and O–H groups in total. The van der Waals surface area contributed by atoms with E-state index in [2.05, 4.69) is 13.8 Å². The van der Waals surface area contributed by atoms with Gasteiger partial charge in [0.1, 0.15) is 0 Å². The Bertz CT molecular complexity index is 377. The van der Waals surface area contributed by atoms with Gasteiger partial charge < -0.3 is 4.90 Å². The summed E-state index contributed by atoms with van der Waals surface area (Å²) >= 11 is 0. The first kappa shape index (κ1) is 12.2. The maximum atomic E-state index is 12.2. The van der Waals surface area contributed by atoms with E-state index in [-0.39, 0.29) is 5.91 Å². The fourth-order valence-corrected chi connectivity index (χ4v) is 2.37. The second-order valence-electron chi connectivity index (χ2n) is 5.32. The number of benzene rings is 1. The normalized spacial score (nSPS) is 19.1. The number of amides is 1. The monoisotopic (exact) mass is 231 g/mol. The molecule has 17 heavy (non-hydrogen) atoms. The molecule has 0 radical (unpaired) electrons. The number of piperidine rings is 1. The summed E-state index contributed by atoms with van der Waals surface area (Å²) in [6.45, 7) is 6.38. The molecule has 1 heterocycles. The summed E-state index contributed by atoms with van der Waals surface area (Å²) in [6, 6.07) is 9.59. The minimum absolute atomic E-state index is 0.184. The molecule has 1 amide bonds. The van der Waals surface area contributed by atoms with Crippen LogP contribution >= 0.6 is 0 Å². The molecule has 1 aliphatic heterocycles. The predicted octanol–water partition coefficient (Wildman–Crippen LogP) is 3.34. The van der Waals surface area contributed by atoms with E-state index in [1.54, 1.807) is 0 Å². The number of carbonyl (C=O) groups is 1. The molecule has 0 saturated carbocycles. The smallest absolute Gasteiger partial charge is 0.253 e. The lowest BCUT2D eigenvalue weighted by molar-refractivity contribution is 0.0600. The van der Waals surface area contributed by atoms with Gasteiger partial charge in [0.25, 0.3) is 5.91 Å². The van der Waals surface area contributed by atoms with Crippen molar-refractivity contribution >= 4 is 5.91 Å². The van der Waals surface area contributed by atoms with Crippen LogP contribution in [0.15, 0.2) is 30.3 Å². The number of carbonyl (C=O) groups excluding carboxylic acids is 1. The Hall–Kier alpha value is -1.31. The number of hydrogen-bond acceptors (Lipinski definition) is 1. The first-order valence-corrected chi connectivity index (χ1v) is 6.49. The molecule has 0 unspecified atom stereocenters. The summed E-state index contributed by atoms with van der Waals surface area (Å²) in [7, 11) is 0. The maximum absolute atomic E-state index is 12.2. The number of hydrogen-bond donors (Lipinski definition) is 0. The lowest BCUT2D eigenvalue weighted by Crippen LogP contribution is -2.41. The maximum Gasteiger partial charge on any atom is 0.253 e. The van der Waals surface area contributed by atoms with Crippen molar-refractivity contribution in [2.45, 2.75) is 33.1 Å². The van der Waals surface area contributed by atoms with Gasteiger partial charge in [0, 0.05) is 18.7 Å². The molecule has 0 aliphatic carbocycles. The molecule has 1 saturated heterocycles. The Morgan fingerprint density at radius 2 is 1.82 bits per heavy atom. The van der Waals surface area contributed by atoms with Crippen molar-refractivity contribution in [2.75, 3.05) is 13.1 Å². The van der Waals surface area contributed by atoms with Gasteiger partial charge in [0.2, 0.25) is 0 Å². The van der Waals surface area contributed by atoms with Crippen LogP contribution < -0.4 is 0 Å². The molecule has 2 rings (SSSR count). The van der Waals surface area contributed by atoms with E-state index in [1.807, 2.05) is 35.2 Å². The molecule has 2 nitrogen and oxygen atoms in total. The van der Waals surface area contributed by atoms with Crippen LogP contribution in [-0.2, 0) is 0 Å². The quantitative estimate of drug-likeness (QED) is 0.764. The van der Waals surface area contributed by atoms with Crippen molar-refractivity contribution in [1.29, 1.82) is 0 Å². The van der Waals surface area contributed by atoms with Gasteiger partial charge in [-0.25, -0.2) is 0 Å². The summed E-state index contributed by atoms with van der Waals surface area (Å²) in [5.41, 5.74) is 1.25. The Morgan fingerprint density at radius 1 is 1.24 bits per heavy atom. The highest BCUT2D eigenvalue weighted by atomic mass is 16.2. The zero-order valence-corrected chi connectivity index (χ0v) is 10.8. The lowest BCUT2D eigenvalue weighted by atomic mass is 9.78. The lowest BCUT2D eigenvalue weighted by Gasteiger charge is -2.38. The van der Waals surface area contributed by atoms with Crippen LogP contribution in [0.3, 0.4) is 0 Å². The van der Waals surface area contributed by atoms with Gasteiger partial charge in [0.15, 0.2) is 0 Å². The van der Waals surface area contributed by atoms with Gasteiger partial charge >= 0.3 is 0 Å². The number of nitrogens with zero attached hydrogens (tertiary/aromatic N) is 1. The van der Waals surface area contributed by atoms with Crippen molar-refractivity contribution in [2.24, 2.45) is 5.41 Å². The molecule has 0 atom stereocenters. The van der Waals surface area contributed by atoms with Gasteiger partial charge in [-0.1, -0.05) is 38.5 Å². The SMILES string of the molecule is CCC1(C)CCN(C(=O)c2ccccc2)CC1. The molecule has 1 fully saturated rings. The van der Waals surface area contributed by atoms with Gasteiger partial charge in [-0.05, 0) is 30.4 Å². The number of likely N-dealkylation sites (tertiary alicyclic amines) is 1. The summed E-state index contributed by atoms with van der Waals surface area (Å²) in [4.78, 5) is 14.2. The summed E-state index contributed by atoms with van der Waals surface area (Å²) in [6.07, 6.45) is 3.46. The first-order valence-electron chi connectivity index (χ1n) is 6.49. The second-order valence-corrected chi connectivity index (χ2v) is 5.32. The van der Waals surface area contributed by atoms with E-state index in [9.17, 15) is 4.79 Å². The van der Waals surface area contributed by atoms with Crippen molar-refractivity contribution < 1.29 is 4.79 Å². The Kier molecular flexibility index (Phi) is 3.51. The van der Waals surface area contributed by atoms with Crippen molar-refractivity contribution in [3.8, 4) is 0 Å². The summed E-state index contributed by atoms with van der Waals surface area (Å²) in [5.74, 6) is 0.184. The van der Waals surface area contributed by atoms with E-state index in [4.69, 9.17) is 0 Å². The average molecular weight is 231 g/mol. The Labute approximate surface area is 104 Å². The van der Waals surface area contributed by atoms with Crippen LogP contribution in [0.2, 0.25) is 0 Å². The van der Waals surface area contributed by atoms with Crippen molar-refractivity contribution in [3.63, 3.8) is 0 Å². The molecular formula is C15H21NO. The van der Waals surface area contributed by atoms with Crippen LogP contribution in [0.25, 0.3) is 0 Å². The fraction of sp³-hybridized carbons (Fsp3) is 0.533. The van der Waals surface area contributed by atoms with Crippen molar-refractivity contribution in [1.82, 2.24) is 4.90 Å². The van der Waals surface area contributed by atoms with Gasteiger partial charge in [0.05, 0.1) is 0 Å². The third-order valence-corrected chi connectivity index (χ3v) is 4.13. The molecule has 1 aliphatic rings. The van der Waals surface area contributed by atoms with E-state index in [0.29, 0.717) is 5.41 Å². The molecule has 1 aromatic carbocycles. The van der Waals surface area contributed by atoms with Crippen LogP contribution in [0.5, 0.6) is 0 Å². The largest absolute Gasteiger partial charge is 0.339 e. The topological polar surface area (TPSA) is 20.3 Å². The minimum Gasteiger partial charge on any atom is -0.339 e. The third kappa shape index (κ3) is 2.68. The highest BCUT2D eigenvalue weighted by Gasteiger charge is 2.30. The molecular weight excluding hydrogens is 210 g/mol. The summed E-state index contributed by atoms with van der Waals surface area (Å²) < 4.78 is 0. The molecule has 1 aromatic rings. The number of rotatable bonds is 2. The molecule has 0 bridgehead atoms. The first-order chi connectivity index (χ1) is 8.14. The van der Waals surface area contributed by atoms with E-state index in [1.165, 1.54) is 6.42 Å². The molecule has 0 aromatic heterocycles. The van der Waals surface area contributed by atoms with Crippen molar-refractivity contribution in [3.05, 3.63) is 35.9 Å². The highest BCUT2D eigenvalue weighted by molar-refractivity contribution is 5.94. The second kappa shape index (κ2) is 4.91. The highest BCUT2D eigenvalue weighted by Crippen LogP contribution is 2.34. The molecule has 92 valence electrons. The van der Waals surface area contributed by atoms with Crippen LogP contribution in [0.4, 0.5) is 0 Å². The van der Waals surface area contributed by atoms with Gasteiger partial charge in [-0.3, -0.25) is 4.79 Å². The minimum atomic E-state index is 0.184. The third-order valence-electron chi connectivity index (χ3n) is 4.13. The van der Waals surface area contributed by atoms with E-state index >= 15 is 0 Å². The Morgan fingerprint density at radius 3 is 2.35 bits per heavy atom. The standard InChI is InChI=1S/C15H21NO/c1-3-15(2)9-11-16(12-10-15)14(17)13-7-5-4-6-8-13/h4-8H,3,9-12H2,1-2H3. The average Bonchev–Trinajstić information content (AvgIpc) is 2.40. The predicted molar refractivity (Wildman–Crippen MR) is 70.0 cm³/mol. The Balaban J connectivity index is 2.00. The van der Waals surface area contributed by atoms with E-state index < -0.39 is 0 Å². The van der Waals surface area contributed by atoms with Crippen LogP contribution in [-0.4, -0.2) is 23.9 Å². The molecule has 0 spiro atoms. The van der Waals surface area contributed by atoms with E-state index in [0.717, 1.165) is 31.5 Å². The van der Waals surface area contributed by atoms with Gasteiger partial charge in [-0.15, -0.1) is 0 Å². The molecule has 2 heteroatoms. The van der Waals surface area contributed by atoms with Gasteiger partial charge in [-0.2, -0.15) is 0 Å². The zero-order valence-electron chi connectivity index (χ0n) is 10.8. The van der Waals surface area contributed by atoms with Crippen LogP contribution in [0.1, 0.15) is 43.5 Å². The zero-order chi connectivity index (χ0) is 12.3. The van der Waals surface area contributed by atoms with Crippen LogP contribution in [0, 0.1) is 5.41 Å².